The van der Waals surface area contributed by atoms with E-state index in [0.717, 1.165) is 13.0 Å². The van der Waals surface area contributed by atoms with E-state index in [1.54, 1.807) is 6.07 Å². The zero-order valence-corrected chi connectivity index (χ0v) is 12.4. The molecule has 1 aromatic carbocycles. The number of benzene rings is 1. The minimum absolute atomic E-state index is 0.0429. The van der Waals surface area contributed by atoms with Crippen molar-refractivity contribution in [1.82, 2.24) is 14.9 Å². The Hall–Kier alpha value is -2.28. The molecule has 1 unspecified atom stereocenters. The van der Waals surface area contributed by atoms with Crippen molar-refractivity contribution in [2.75, 3.05) is 26.0 Å². The molecule has 7 nitrogen and oxygen atoms in total. The third kappa shape index (κ3) is 3.85. The number of fused-ring (bicyclic) bond motifs is 1. The number of anilines is 1. The van der Waals surface area contributed by atoms with Crippen LogP contribution in [0.5, 0.6) is 0 Å². The third-order valence-electron chi connectivity index (χ3n) is 3.22. The first-order valence-corrected chi connectivity index (χ1v) is 6.78. The Morgan fingerprint density at radius 3 is 2.81 bits per heavy atom. The van der Waals surface area contributed by atoms with Crippen LogP contribution in [0, 0.1) is 10.1 Å². The Balaban J connectivity index is 2.26. The predicted molar refractivity (Wildman–Crippen MR) is 82.4 cm³/mol. The number of rotatable bonds is 6. The minimum atomic E-state index is -0.411. The van der Waals surface area contributed by atoms with Crippen LogP contribution < -0.4 is 5.32 Å². The smallest absolute Gasteiger partial charge is 0.270 e. The number of hydrogen-bond donors (Lipinski definition) is 1. The molecule has 2 rings (SSSR count). The Bertz CT molecular complexity index is 644. The molecular formula is C14H19N5O2. The number of nitrogens with one attached hydrogen (secondary N) is 1. The second kappa shape index (κ2) is 6.45. The molecule has 1 heterocycles. The summed E-state index contributed by atoms with van der Waals surface area (Å²) in [5.74, 6) is 0.634. The Kier molecular flexibility index (Phi) is 4.64. The average molecular weight is 289 g/mol. The van der Waals surface area contributed by atoms with Crippen LogP contribution >= 0.6 is 0 Å². The van der Waals surface area contributed by atoms with Crippen molar-refractivity contribution >= 4 is 22.4 Å². The van der Waals surface area contributed by atoms with Gasteiger partial charge in [-0.1, -0.05) is 0 Å². The fraction of sp³-hybridized carbons (Fsp3) is 0.429. The van der Waals surface area contributed by atoms with Gasteiger partial charge in [0.25, 0.3) is 5.69 Å². The highest BCUT2D eigenvalue weighted by molar-refractivity contribution is 5.90. The quantitative estimate of drug-likeness (QED) is 0.649. The predicted octanol–water partition coefficient (Wildman–Crippen LogP) is 2.29. The van der Waals surface area contributed by atoms with Gasteiger partial charge in [0.2, 0.25) is 0 Å². The molecule has 0 saturated carbocycles. The van der Waals surface area contributed by atoms with Gasteiger partial charge >= 0.3 is 0 Å². The zero-order chi connectivity index (χ0) is 15.4. The fourth-order valence-corrected chi connectivity index (χ4v) is 2.03. The Morgan fingerprint density at radius 1 is 1.38 bits per heavy atom. The summed E-state index contributed by atoms with van der Waals surface area (Å²) in [6.45, 7) is 3.02. The summed E-state index contributed by atoms with van der Waals surface area (Å²) in [5.41, 5.74) is 0.735. The standard InChI is InChI=1S/C14H19N5O2/c1-10(6-7-18(2)3)17-14-12-8-11(19(20)21)4-5-13(12)15-9-16-14/h4-5,8-10H,6-7H2,1-3H3,(H,15,16,17). The lowest BCUT2D eigenvalue weighted by Gasteiger charge is -2.17. The summed E-state index contributed by atoms with van der Waals surface area (Å²) >= 11 is 0. The molecule has 2 aromatic rings. The molecule has 0 spiro atoms. The van der Waals surface area contributed by atoms with E-state index in [-0.39, 0.29) is 11.7 Å². The van der Waals surface area contributed by atoms with E-state index in [1.807, 2.05) is 14.1 Å². The fourth-order valence-electron chi connectivity index (χ4n) is 2.03. The van der Waals surface area contributed by atoms with Gasteiger partial charge in [0.15, 0.2) is 0 Å². The molecule has 21 heavy (non-hydrogen) atoms. The molecule has 0 amide bonds. The van der Waals surface area contributed by atoms with Crippen molar-refractivity contribution in [3.05, 3.63) is 34.6 Å². The lowest BCUT2D eigenvalue weighted by Crippen LogP contribution is -2.23. The normalized spacial score (nSPS) is 12.6. The number of hydrogen-bond acceptors (Lipinski definition) is 6. The zero-order valence-electron chi connectivity index (χ0n) is 12.4. The van der Waals surface area contributed by atoms with E-state index in [9.17, 15) is 10.1 Å². The van der Waals surface area contributed by atoms with Crippen molar-refractivity contribution in [2.45, 2.75) is 19.4 Å². The number of nitro groups is 1. The van der Waals surface area contributed by atoms with Crippen molar-refractivity contribution < 1.29 is 4.92 Å². The van der Waals surface area contributed by atoms with Crippen LogP contribution in [-0.2, 0) is 0 Å². The van der Waals surface area contributed by atoms with E-state index in [0.29, 0.717) is 16.7 Å². The van der Waals surface area contributed by atoms with Crippen LogP contribution in [0.2, 0.25) is 0 Å². The van der Waals surface area contributed by atoms with Gasteiger partial charge in [0.05, 0.1) is 10.4 Å². The second-order valence-corrected chi connectivity index (χ2v) is 5.32. The number of aromatic nitrogens is 2. The summed E-state index contributed by atoms with van der Waals surface area (Å²) in [7, 11) is 4.05. The molecule has 1 N–H and O–H groups in total. The van der Waals surface area contributed by atoms with Crippen LogP contribution in [0.4, 0.5) is 11.5 Å². The van der Waals surface area contributed by atoms with Crippen molar-refractivity contribution in [3.63, 3.8) is 0 Å². The first kappa shape index (κ1) is 15.1. The van der Waals surface area contributed by atoms with Crippen LogP contribution in [-0.4, -0.2) is 46.5 Å². The van der Waals surface area contributed by atoms with Crippen LogP contribution in [0.1, 0.15) is 13.3 Å². The SMILES string of the molecule is CC(CCN(C)C)Nc1ncnc2ccc([N+](=O)[O-])cc12. The van der Waals surface area contributed by atoms with E-state index >= 15 is 0 Å². The summed E-state index contributed by atoms with van der Waals surface area (Å²) in [4.78, 5) is 21.0. The highest BCUT2D eigenvalue weighted by Crippen LogP contribution is 2.24. The van der Waals surface area contributed by atoms with Gasteiger partial charge in [-0.25, -0.2) is 9.97 Å². The average Bonchev–Trinajstić information content (AvgIpc) is 2.45. The molecule has 0 fully saturated rings. The van der Waals surface area contributed by atoms with Crippen LogP contribution in [0.15, 0.2) is 24.5 Å². The maximum absolute atomic E-state index is 10.9. The first-order valence-electron chi connectivity index (χ1n) is 6.78. The minimum Gasteiger partial charge on any atom is -0.367 e. The molecule has 0 aliphatic heterocycles. The largest absolute Gasteiger partial charge is 0.367 e. The van der Waals surface area contributed by atoms with E-state index < -0.39 is 4.92 Å². The highest BCUT2D eigenvalue weighted by Gasteiger charge is 2.12. The highest BCUT2D eigenvalue weighted by atomic mass is 16.6. The summed E-state index contributed by atoms with van der Waals surface area (Å²) < 4.78 is 0. The monoisotopic (exact) mass is 289 g/mol. The lowest BCUT2D eigenvalue weighted by atomic mass is 10.2. The lowest BCUT2D eigenvalue weighted by molar-refractivity contribution is -0.384. The summed E-state index contributed by atoms with van der Waals surface area (Å²) in [6, 6.07) is 4.82. The van der Waals surface area contributed by atoms with Crippen LogP contribution in [0.3, 0.4) is 0 Å². The van der Waals surface area contributed by atoms with Gasteiger partial charge in [-0.15, -0.1) is 0 Å². The molecule has 0 aliphatic carbocycles. The number of nitrogens with zero attached hydrogens (tertiary/aromatic N) is 4. The Morgan fingerprint density at radius 2 is 2.14 bits per heavy atom. The topological polar surface area (TPSA) is 84.2 Å². The van der Waals surface area contributed by atoms with Gasteiger partial charge in [0, 0.05) is 23.6 Å². The molecule has 1 atom stereocenters. The summed E-state index contributed by atoms with van der Waals surface area (Å²) in [5, 5.41) is 14.9. The van der Waals surface area contributed by atoms with Gasteiger partial charge in [-0.2, -0.15) is 0 Å². The Labute approximate surface area is 123 Å². The molecule has 1 aromatic heterocycles. The van der Waals surface area contributed by atoms with Gasteiger partial charge in [-0.3, -0.25) is 10.1 Å². The maximum atomic E-state index is 10.9. The van der Waals surface area contributed by atoms with E-state index in [2.05, 4.69) is 27.1 Å². The third-order valence-corrected chi connectivity index (χ3v) is 3.22. The molecular weight excluding hydrogens is 270 g/mol. The number of non-ortho nitro benzene ring substituents is 1. The van der Waals surface area contributed by atoms with Gasteiger partial charge in [-0.05, 0) is 40.1 Å². The molecule has 0 radical (unpaired) electrons. The van der Waals surface area contributed by atoms with Crippen molar-refractivity contribution in [3.8, 4) is 0 Å². The van der Waals surface area contributed by atoms with Gasteiger partial charge < -0.3 is 10.2 Å². The molecule has 0 saturated heterocycles. The maximum Gasteiger partial charge on any atom is 0.270 e. The van der Waals surface area contributed by atoms with Gasteiger partial charge in [0.1, 0.15) is 12.1 Å². The van der Waals surface area contributed by atoms with Crippen LogP contribution in [0.25, 0.3) is 10.9 Å². The van der Waals surface area contributed by atoms with E-state index in [4.69, 9.17) is 0 Å². The molecule has 7 heteroatoms. The number of nitro benzene ring substituents is 1. The first-order chi connectivity index (χ1) is 9.97. The van der Waals surface area contributed by atoms with Crippen molar-refractivity contribution in [1.29, 1.82) is 0 Å². The molecule has 0 aliphatic rings. The summed E-state index contributed by atoms with van der Waals surface area (Å²) in [6.07, 6.45) is 2.42. The van der Waals surface area contributed by atoms with E-state index in [1.165, 1.54) is 18.5 Å². The second-order valence-electron chi connectivity index (χ2n) is 5.32. The molecule has 112 valence electrons. The molecule has 0 bridgehead atoms. The van der Waals surface area contributed by atoms with Crippen molar-refractivity contribution in [2.24, 2.45) is 0 Å².